The summed E-state index contributed by atoms with van der Waals surface area (Å²) in [5, 5.41) is 5.56. The predicted octanol–water partition coefficient (Wildman–Crippen LogP) is 2.79. The number of hydrogen-bond donors (Lipinski definition) is 1. The molecule has 108 valence electrons. The van der Waals surface area contributed by atoms with Crippen LogP contribution in [0.3, 0.4) is 0 Å². The molecule has 2 aromatic rings. The van der Waals surface area contributed by atoms with Gasteiger partial charge in [-0.1, -0.05) is 23.7 Å². The number of anilines is 2. The van der Waals surface area contributed by atoms with Crippen LogP contribution in [0, 0.1) is 5.92 Å². The van der Waals surface area contributed by atoms with Gasteiger partial charge in [-0.25, -0.2) is 4.98 Å². The maximum atomic E-state index is 12.2. The van der Waals surface area contributed by atoms with Crippen LogP contribution >= 0.6 is 22.9 Å². The Labute approximate surface area is 130 Å². The number of carbonyl (C=O) groups excluding carboxylic acids is 2. The second-order valence-corrected chi connectivity index (χ2v) is 5.99. The summed E-state index contributed by atoms with van der Waals surface area (Å²) < 4.78 is 0. The second kappa shape index (κ2) is 5.83. The molecule has 2 amide bonds. The van der Waals surface area contributed by atoms with Crippen molar-refractivity contribution in [2.45, 2.75) is 6.42 Å². The fourth-order valence-electron chi connectivity index (χ4n) is 2.28. The molecule has 1 aromatic carbocycles. The first-order valence-electron chi connectivity index (χ1n) is 6.40. The van der Waals surface area contributed by atoms with E-state index in [1.807, 2.05) is 6.07 Å². The topological polar surface area (TPSA) is 62.3 Å². The minimum atomic E-state index is -0.391. The molecule has 1 atom stereocenters. The van der Waals surface area contributed by atoms with Crippen LogP contribution in [0.1, 0.15) is 6.42 Å². The van der Waals surface area contributed by atoms with Crippen molar-refractivity contribution in [1.82, 2.24) is 4.98 Å². The van der Waals surface area contributed by atoms with E-state index in [1.165, 1.54) is 11.3 Å². The number of aromatic nitrogens is 1. The van der Waals surface area contributed by atoms with Gasteiger partial charge in [-0.05, 0) is 12.1 Å². The third-order valence-corrected chi connectivity index (χ3v) is 4.31. The maximum absolute atomic E-state index is 12.2. The molecule has 21 heavy (non-hydrogen) atoms. The van der Waals surface area contributed by atoms with Gasteiger partial charge < -0.3 is 10.2 Å². The van der Waals surface area contributed by atoms with Crippen molar-refractivity contribution in [2.75, 3.05) is 16.8 Å². The van der Waals surface area contributed by atoms with Crippen LogP contribution in [0.2, 0.25) is 5.02 Å². The van der Waals surface area contributed by atoms with Crippen molar-refractivity contribution >= 4 is 45.6 Å². The molecule has 1 fully saturated rings. The molecule has 3 rings (SSSR count). The summed E-state index contributed by atoms with van der Waals surface area (Å²) in [5.41, 5.74) is 0.647. The van der Waals surface area contributed by atoms with E-state index in [0.717, 1.165) is 0 Å². The molecule has 0 spiro atoms. The summed E-state index contributed by atoms with van der Waals surface area (Å²) in [6.45, 7) is 0.333. The molecule has 0 bridgehead atoms. The first kappa shape index (κ1) is 14.0. The SMILES string of the molecule is O=C(Nc1nccs1)[C@H]1CC(=O)N(c2ccccc2Cl)C1. The van der Waals surface area contributed by atoms with Crippen LogP contribution in [0.4, 0.5) is 10.8 Å². The standard InChI is InChI=1S/C14H12ClN3O2S/c15-10-3-1-2-4-11(10)18-8-9(7-12(18)19)13(20)17-14-16-5-6-21-14/h1-6,9H,7-8H2,(H,16,17,20)/t9-/m0/s1. The van der Waals surface area contributed by atoms with Gasteiger partial charge in [0, 0.05) is 24.5 Å². The van der Waals surface area contributed by atoms with E-state index in [9.17, 15) is 9.59 Å². The fraction of sp³-hybridized carbons (Fsp3) is 0.214. The van der Waals surface area contributed by atoms with Crippen molar-refractivity contribution in [3.05, 3.63) is 40.9 Å². The molecule has 0 saturated carbocycles. The monoisotopic (exact) mass is 321 g/mol. The van der Waals surface area contributed by atoms with Crippen LogP contribution in [0.5, 0.6) is 0 Å². The zero-order valence-corrected chi connectivity index (χ0v) is 12.5. The second-order valence-electron chi connectivity index (χ2n) is 4.68. The summed E-state index contributed by atoms with van der Waals surface area (Å²) in [4.78, 5) is 29.9. The van der Waals surface area contributed by atoms with Crippen LogP contribution in [0.25, 0.3) is 0 Å². The van der Waals surface area contributed by atoms with Gasteiger partial charge >= 0.3 is 0 Å². The largest absolute Gasteiger partial charge is 0.310 e. The lowest BCUT2D eigenvalue weighted by Crippen LogP contribution is -2.28. The molecule has 1 aliphatic heterocycles. The van der Waals surface area contributed by atoms with Gasteiger partial charge in [0.1, 0.15) is 0 Å². The molecule has 1 saturated heterocycles. The smallest absolute Gasteiger partial charge is 0.231 e. The highest BCUT2D eigenvalue weighted by Gasteiger charge is 2.36. The van der Waals surface area contributed by atoms with Gasteiger partial charge in [0.05, 0.1) is 16.6 Å². The van der Waals surface area contributed by atoms with Crippen molar-refractivity contribution in [3.8, 4) is 0 Å². The quantitative estimate of drug-likeness (QED) is 0.945. The highest BCUT2D eigenvalue weighted by atomic mass is 35.5. The molecule has 5 nitrogen and oxygen atoms in total. The van der Waals surface area contributed by atoms with E-state index < -0.39 is 5.92 Å². The number of amides is 2. The molecular formula is C14H12ClN3O2S. The number of carbonyl (C=O) groups is 2. The Balaban J connectivity index is 1.73. The molecule has 0 radical (unpaired) electrons. The molecule has 0 unspecified atom stereocenters. The molecule has 0 aliphatic carbocycles. The molecule has 7 heteroatoms. The summed E-state index contributed by atoms with van der Waals surface area (Å²) in [5.74, 6) is -0.673. The van der Waals surface area contributed by atoms with E-state index in [-0.39, 0.29) is 18.2 Å². The minimum absolute atomic E-state index is 0.0950. The maximum Gasteiger partial charge on any atom is 0.231 e. The zero-order chi connectivity index (χ0) is 14.8. The number of thiazole rings is 1. The van der Waals surface area contributed by atoms with Crippen LogP contribution in [-0.4, -0.2) is 23.3 Å². The summed E-state index contributed by atoms with van der Waals surface area (Å²) in [7, 11) is 0. The lowest BCUT2D eigenvalue weighted by molar-refractivity contribution is -0.122. The third-order valence-electron chi connectivity index (χ3n) is 3.30. The number of hydrogen-bond acceptors (Lipinski definition) is 4. The van der Waals surface area contributed by atoms with Crippen molar-refractivity contribution in [3.63, 3.8) is 0 Å². The average Bonchev–Trinajstić information content (AvgIpc) is 3.09. The van der Waals surface area contributed by atoms with Gasteiger partial charge in [-0.3, -0.25) is 9.59 Å². The van der Waals surface area contributed by atoms with E-state index in [1.54, 1.807) is 34.7 Å². The van der Waals surface area contributed by atoms with Gasteiger partial charge in [-0.15, -0.1) is 11.3 Å². The van der Waals surface area contributed by atoms with Gasteiger partial charge in [0.15, 0.2) is 5.13 Å². The number of nitrogens with one attached hydrogen (secondary N) is 1. The lowest BCUT2D eigenvalue weighted by Gasteiger charge is -2.17. The van der Waals surface area contributed by atoms with Gasteiger partial charge in [0.25, 0.3) is 0 Å². The number of benzene rings is 1. The Bertz CT molecular complexity index is 675. The summed E-state index contributed by atoms with van der Waals surface area (Å²) >= 11 is 7.46. The Hall–Kier alpha value is -1.92. The van der Waals surface area contributed by atoms with Gasteiger partial charge in [-0.2, -0.15) is 0 Å². The highest BCUT2D eigenvalue weighted by molar-refractivity contribution is 7.13. The Morgan fingerprint density at radius 2 is 2.24 bits per heavy atom. The molecule has 1 aliphatic rings. The van der Waals surface area contributed by atoms with Crippen molar-refractivity contribution in [2.24, 2.45) is 5.92 Å². The Kier molecular flexibility index (Phi) is 3.90. The number of rotatable bonds is 3. The number of halogens is 1. The number of para-hydroxylation sites is 1. The fourth-order valence-corrected chi connectivity index (χ4v) is 3.05. The van der Waals surface area contributed by atoms with Crippen molar-refractivity contribution in [1.29, 1.82) is 0 Å². The average molecular weight is 322 g/mol. The first-order chi connectivity index (χ1) is 10.1. The van der Waals surface area contributed by atoms with Crippen molar-refractivity contribution < 1.29 is 9.59 Å². The highest BCUT2D eigenvalue weighted by Crippen LogP contribution is 2.31. The Morgan fingerprint density at radius 3 is 2.95 bits per heavy atom. The Morgan fingerprint density at radius 1 is 1.43 bits per heavy atom. The van der Waals surface area contributed by atoms with Crippen LogP contribution in [-0.2, 0) is 9.59 Å². The zero-order valence-electron chi connectivity index (χ0n) is 11.0. The van der Waals surface area contributed by atoms with E-state index >= 15 is 0 Å². The molecular weight excluding hydrogens is 310 g/mol. The summed E-state index contributed by atoms with van der Waals surface area (Å²) in [6, 6.07) is 7.13. The third kappa shape index (κ3) is 2.91. The van der Waals surface area contributed by atoms with Crippen LogP contribution < -0.4 is 10.2 Å². The van der Waals surface area contributed by atoms with Crippen LogP contribution in [0.15, 0.2) is 35.8 Å². The minimum Gasteiger partial charge on any atom is -0.310 e. The van der Waals surface area contributed by atoms with Gasteiger partial charge in [0.2, 0.25) is 11.8 Å². The van der Waals surface area contributed by atoms with E-state index in [2.05, 4.69) is 10.3 Å². The van der Waals surface area contributed by atoms with E-state index in [4.69, 9.17) is 11.6 Å². The molecule has 1 aromatic heterocycles. The van der Waals surface area contributed by atoms with E-state index in [0.29, 0.717) is 22.4 Å². The predicted molar refractivity (Wildman–Crippen MR) is 82.7 cm³/mol. The lowest BCUT2D eigenvalue weighted by atomic mass is 10.1. The molecule has 1 N–H and O–H groups in total. The summed E-state index contributed by atoms with van der Waals surface area (Å²) in [6.07, 6.45) is 1.80. The normalized spacial score (nSPS) is 18.0. The first-order valence-corrected chi connectivity index (χ1v) is 7.66. The number of nitrogens with zero attached hydrogens (tertiary/aromatic N) is 2. The molecule has 2 heterocycles.